The van der Waals surface area contributed by atoms with Gasteiger partial charge in [-0.05, 0) is 71.7 Å². The Balaban J connectivity index is 2.33. The van der Waals surface area contributed by atoms with Crippen molar-refractivity contribution in [1.82, 2.24) is 0 Å². The van der Waals surface area contributed by atoms with Crippen molar-refractivity contribution in [1.29, 1.82) is 0 Å². The number of aryl methyl sites for hydroxylation is 2. The van der Waals surface area contributed by atoms with Gasteiger partial charge in [0, 0.05) is 6.42 Å². The number of carbonyl (C=O) groups is 1. The zero-order valence-corrected chi connectivity index (χ0v) is 22.6. The highest BCUT2D eigenvalue weighted by atomic mass is 32.2. The molecule has 0 amide bonds. The predicted molar refractivity (Wildman–Crippen MR) is 132 cm³/mol. The van der Waals surface area contributed by atoms with E-state index in [2.05, 4.69) is 0 Å². The van der Waals surface area contributed by atoms with Crippen LogP contribution in [0.3, 0.4) is 0 Å². The van der Waals surface area contributed by atoms with Gasteiger partial charge in [0.25, 0.3) is 20.2 Å². The Labute approximate surface area is 208 Å². The number of ether oxygens (including phenoxy) is 1. The second-order valence-corrected chi connectivity index (χ2v) is 12.5. The third kappa shape index (κ3) is 9.03. The van der Waals surface area contributed by atoms with Crippen LogP contribution in [0.2, 0.25) is 0 Å². The van der Waals surface area contributed by atoms with Gasteiger partial charge < -0.3 is 4.74 Å². The number of esters is 1. The quantitative estimate of drug-likeness (QED) is 0.306. The zero-order chi connectivity index (χ0) is 26.4. The van der Waals surface area contributed by atoms with Gasteiger partial charge in [0.05, 0.1) is 9.79 Å². The molecule has 0 fully saturated rings. The molecule has 0 aliphatic rings. The molecule has 0 spiro atoms. The second kappa shape index (κ2) is 11.6. The van der Waals surface area contributed by atoms with Crippen molar-refractivity contribution in [2.24, 2.45) is 0 Å². The molecule has 2 rings (SSSR count). The highest BCUT2D eigenvalue weighted by Crippen LogP contribution is 2.25. The van der Waals surface area contributed by atoms with Gasteiger partial charge >= 0.3 is 5.97 Å². The molecular weight excluding hydrogens is 492 g/mol. The van der Waals surface area contributed by atoms with Crippen molar-refractivity contribution in [3.63, 3.8) is 0 Å². The highest BCUT2D eigenvalue weighted by molar-refractivity contribution is 7.87. The van der Waals surface area contributed by atoms with E-state index < -0.39 is 44.0 Å². The monoisotopic (exact) mass is 526 g/mol. The van der Waals surface area contributed by atoms with E-state index in [1.807, 2.05) is 13.8 Å². The van der Waals surface area contributed by atoms with Crippen molar-refractivity contribution in [3.8, 4) is 0 Å². The average Bonchev–Trinajstić information content (AvgIpc) is 2.74. The fourth-order valence-electron chi connectivity index (χ4n) is 3.19. The number of carbonyl (C=O) groups excluding carboxylic acids is 1. The first-order chi connectivity index (χ1) is 16.1. The molecule has 0 unspecified atom stereocenters. The summed E-state index contributed by atoms with van der Waals surface area (Å²) < 4.78 is 68.0. The lowest BCUT2D eigenvalue weighted by atomic mass is 10.1. The summed E-state index contributed by atoms with van der Waals surface area (Å²) in [6.07, 6.45) is -2.60. The first-order valence-corrected chi connectivity index (χ1v) is 14.2. The summed E-state index contributed by atoms with van der Waals surface area (Å²) in [4.78, 5) is 12.2. The maximum absolute atomic E-state index is 13.0. The van der Waals surface area contributed by atoms with E-state index in [0.29, 0.717) is 0 Å². The Morgan fingerprint density at radius 2 is 1.17 bits per heavy atom. The Hall–Kier alpha value is -2.27. The molecule has 194 valence electrons. The molecule has 2 aromatic rings. The number of benzene rings is 2. The molecular formula is C25H34O8S2. The Bertz CT molecular complexity index is 1190. The van der Waals surface area contributed by atoms with Crippen LogP contribution in [0, 0.1) is 13.8 Å². The van der Waals surface area contributed by atoms with Gasteiger partial charge in [-0.2, -0.15) is 16.8 Å². The topological polar surface area (TPSA) is 113 Å². The van der Waals surface area contributed by atoms with Crippen LogP contribution in [0.15, 0.2) is 58.3 Å². The fourth-order valence-corrected chi connectivity index (χ4v) is 5.48. The molecule has 8 nitrogen and oxygen atoms in total. The molecule has 2 atom stereocenters. The summed E-state index contributed by atoms with van der Waals surface area (Å²) >= 11 is 0. The van der Waals surface area contributed by atoms with Gasteiger partial charge in [0.1, 0.15) is 17.8 Å². The van der Waals surface area contributed by atoms with Crippen LogP contribution < -0.4 is 0 Å². The number of hydrogen-bond donors (Lipinski definition) is 0. The Morgan fingerprint density at radius 1 is 0.771 bits per heavy atom. The summed E-state index contributed by atoms with van der Waals surface area (Å²) in [5.41, 5.74) is 1.01. The maximum atomic E-state index is 13.0. The van der Waals surface area contributed by atoms with E-state index >= 15 is 0 Å². The van der Waals surface area contributed by atoms with Gasteiger partial charge in [-0.1, -0.05) is 42.3 Å². The first kappa shape index (κ1) is 29.0. The predicted octanol–water partition coefficient (Wildman–Crippen LogP) is 4.68. The molecule has 0 N–H and O–H groups in total. The van der Waals surface area contributed by atoms with Crippen LogP contribution in [0.25, 0.3) is 0 Å². The molecule has 0 aliphatic heterocycles. The van der Waals surface area contributed by atoms with Crippen molar-refractivity contribution < 1.29 is 34.7 Å². The normalized spacial score (nSPS) is 14.3. The Morgan fingerprint density at radius 3 is 1.54 bits per heavy atom. The van der Waals surface area contributed by atoms with Crippen LogP contribution in [0.1, 0.15) is 58.1 Å². The van der Waals surface area contributed by atoms with Crippen molar-refractivity contribution in [3.05, 3.63) is 59.7 Å². The van der Waals surface area contributed by atoms with E-state index in [4.69, 9.17) is 13.1 Å². The SMILES string of the molecule is CC[C@@H](OS(=O)(=O)c1ccc(C)cc1)[C@@H](CCC(=O)OC(C)(C)C)OS(=O)(=O)c1ccc(C)cc1. The molecule has 0 aromatic heterocycles. The molecule has 0 heterocycles. The second-order valence-electron chi connectivity index (χ2n) is 9.34. The van der Waals surface area contributed by atoms with Crippen molar-refractivity contribution in [2.75, 3.05) is 0 Å². The maximum Gasteiger partial charge on any atom is 0.306 e. The van der Waals surface area contributed by atoms with E-state index in [1.165, 1.54) is 24.3 Å². The minimum absolute atomic E-state index is 0.0613. The molecule has 0 saturated carbocycles. The minimum Gasteiger partial charge on any atom is -0.460 e. The van der Waals surface area contributed by atoms with Crippen LogP contribution in [0.5, 0.6) is 0 Å². The summed E-state index contributed by atoms with van der Waals surface area (Å²) in [6, 6.07) is 12.2. The summed E-state index contributed by atoms with van der Waals surface area (Å²) in [5.74, 6) is -0.560. The molecule has 0 saturated heterocycles. The number of hydrogen-bond acceptors (Lipinski definition) is 8. The summed E-state index contributed by atoms with van der Waals surface area (Å²) in [7, 11) is -8.48. The third-order valence-electron chi connectivity index (χ3n) is 4.99. The molecule has 0 radical (unpaired) electrons. The lowest BCUT2D eigenvalue weighted by molar-refractivity contribution is -0.155. The van der Waals surface area contributed by atoms with Crippen LogP contribution in [-0.2, 0) is 38.1 Å². The van der Waals surface area contributed by atoms with Gasteiger partial charge in [-0.25, -0.2) is 0 Å². The lowest BCUT2D eigenvalue weighted by Gasteiger charge is -2.26. The standard InChI is InChI=1S/C25H34O8S2/c1-7-22(32-34(27,28)20-12-8-18(2)9-13-20)23(16-17-24(26)31-25(4,5)6)33-35(29,30)21-14-10-19(3)11-15-21/h8-15,22-23H,7,16-17H2,1-6H3/t22-,23-/m1/s1. The van der Waals surface area contributed by atoms with Gasteiger partial charge in [0.15, 0.2) is 0 Å². The zero-order valence-electron chi connectivity index (χ0n) is 21.0. The average molecular weight is 527 g/mol. The van der Waals surface area contributed by atoms with Gasteiger partial charge in [0.2, 0.25) is 0 Å². The van der Waals surface area contributed by atoms with Crippen molar-refractivity contribution in [2.45, 2.75) is 88.4 Å². The van der Waals surface area contributed by atoms with E-state index in [-0.39, 0.29) is 29.1 Å². The minimum atomic E-state index is -4.27. The smallest absolute Gasteiger partial charge is 0.306 e. The number of rotatable bonds is 11. The van der Waals surface area contributed by atoms with Crippen molar-refractivity contribution >= 4 is 26.2 Å². The highest BCUT2D eigenvalue weighted by Gasteiger charge is 2.33. The third-order valence-corrected chi connectivity index (χ3v) is 7.69. The van der Waals surface area contributed by atoms with Crippen LogP contribution in [0.4, 0.5) is 0 Å². The van der Waals surface area contributed by atoms with E-state index in [0.717, 1.165) is 11.1 Å². The Kier molecular flexibility index (Phi) is 9.63. The molecule has 35 heavy (non-hydrogen) atoms. The molecule has 2 aromatic carbocycles. The summed E-state index contributed by atoms with van der Waals surface area (Å²) in [6.45, 7) is 10.4. The van der Waals surface area contributed by atoms with Gasteiger partial charge in [-0.15, -0.1) is 0 Å². The molecule has 0 bridgehead atoms. The molecule has 0 aliphatic carbocycles. The lowest BCUT2D eigenvalue weighted by Crippen LogP contribution is -2.36. The van der Waals surface area contributed by atoms with Gasteiger partial charge in [-0.3, -0.25) is 13.2 Å². The first-order valence-electron chi connectivity index (χ1n) is 11.3. The van der Waals surface area contributed by atoms with E-state index in [9.17, 15) is 21.6 Å². The van der Waals surface area contributed by atoms with E-state index in [1.54, 1.807) is 52.0 Å². The van der Waals surface area contributed by atoms with Crippen LogP contribution in [-0.4, -0.2) is 40.6 Å². The largest absolute Gasteiger partial charge is 0.460 e. The fraction of sp³-hybridized carbons (Fsp3) is 0.480. The van der Waals surface area contributed by atoms with Crippen LogP contribution >= 0.6 is 0 Å². The molecule has 10 heteroatoms. The summed E-state index contributed by atoms with van der Waals surface area (Å²) in [5, 5.41) is 0.